The molecule has 1 aliphatic rings. The van der Waals surface area contributed by atoms with Crippen molar-refractivity contribution in [1.82, 2.24) is 0 Å². The quantitative estimate of drug-likeness (QED) is 0.482. The van der Waals surface area contributed by atoms with Gasteiger partial charge in [-0.2, -0.15) is 0 Å². The molecular formula is C25H26N2O7S. The van der Waals surface area contributed by atoms with Gasteiger partial charge in [-0.05, 0) is 67.6 Å². The molecule has 0 aliphatic carbocycles. The highest BCUT2D eigenvalue weighted by Gasteiger charge is 2.19. The summed E-state index contributed by atoms with van der Waals surface area (Å²) in [5.41, 5.74) is 0.844. The first-order valence-corrected chi connectivity index (χ1v) is 12.5. The fourth-order valence-corrected chi connectivity index (χ4v) is 4.38. The molecule has 35 heavy (non-hydrogen) atoms. The normalized spacial score (nSPS) is 13.8. The molecule has 0 saturated carbocycles. The summed E-state index contributed by atoms with van der Waals surface area (Å²) >= 11 is 0. The van der Waals surface area contributed by atoms with E-state index in [1.54, 1.807) is 68.6 Å². The van der Waals surface area contributed by atoms with Crippen LogP contribution in [-0.4, -0.2) is 40.8 Å². The zero-order valence-electron chi connectivity index (χ0n) is 19.3. The second-order valence-electron chi connectivity index (χ2n) is 7.77. The van der Waals surface area contributed by atoms with E-state index in [9.17, 15) is 13.2 Å². The molecule has 1 heterocycles. The lowest BCUT2D eigenvalue weighted by Crippen LogP contribution is -2.30. The van der Waals surface area contributed by atoms with Crippen LogP contribution < -0.4 is 29.0 Å². The summed E-state index contributed by atoms with van der Waals surface area (Å²) in [7, 11) is -2.28. The maximum absolute atomic E-state index is 12.8. The van der Waals surface area contributed by atoms with Crippen molar-refractivity contribution in [1.29, 1.82) is 0 Å². The Bertz CT molecular complexity index is 1280. The van der Waals surface area contributed by atoms with E-state index in [2.05, 4.69) is 10.0 Å². The Balaban J connectivity index is 1.36. The van der Waals surface area contributed by atoms with Crippen LogP contribution in [0.4, 0.5) is 11.4 Å². The fraction of sp³-hybridized carbons (Fsp3) is 0.240. The fourth-order valence-electron chi connectivity index (χ4n) is 3.30. The van der Waals surface area contributed by atoms with Crippen LogP contribution in [0.2, 0.25) is 0 Å². The van der Waals surface area contributed by atoms with E-state index >= 15 is 0 Å². The average molecular weight is 499 g/mol. The summed E-state index contributed by atoms with van der Waals surface area (Å²) in [5, 5.41) is 2.75. The van der Waals surface area contributed by atoms with Crippen LogP contribution in [0.15, 0.2) is 71.6 Å². The Morgan fingerprint density at radius 3 is 2.20 bits per heavy atom. The Morgan fingerprint density at radius 1 is 0.886 bits per heavy atom. The molecule has 0 unspecified atom stereocenters. The molecule has 0 fully saturated rings. The predicted molar refractivity (Wildman–Crippen MR) is 131 cm³/mol. The summed E-state index contributed by atoms with van der Waals surface area (Å²) in [5.74, 6) is 1.80. The second kappa shape index (κ2) is 10.6. The number of sulfonamides is 1. The molecule has 0 spiro atoms. The second-order valence-corrected chi connectivity index (χ2v) is 9.45. The number of methoxy groups -OCH3 is 1. The van der Waals surface area contributed by atoms with E-state index in [1.807, 2.05) is 0 Å². The van der Waals surface area contributed by atoms with Gasteiger partial charge in [-0.15, -0.1) is 0 Å². The molecule has 9 nitrogen and oxygen atoms in total. The summed E-state index contributed by atoms with van der Waals surface area (Å²) in [6.07, 6.45) is -0.0226. The van der Waals surface area contributed by atoms with Gasteiger partial charge in [0.2, 0.25) is 0 Å². The third-order valence-corrected chi connectivity index (χ3v) is 6.55. The minimum Gasteiger partial charge on any atom is -0.497 e. The summed E-state index contributed by atoms with van der Waals surface area (Å²) in [6.45, 7) is 2.62. The topological polar surface area (TPSA) is 112 Å². The SMILES string of the molecule is COc1ccc(O[C@@H](C)C(=O)Nc2ccc(NS(=O)(=O)c3ccc4c(c3)OCCCO4)cc2)cc1. The van der Waals surface area contributed by atoms with Gasteiger partial charge in [0.25, 0.3) is 15.9 Å². The highest BCUT2D eigenvalue weighted by molar-refractivity contribution is 7.92. The molecule has 4 rings (SSSR count). The largest absolute Gasteiger partial charge is 0.497 e. The van der Waals surface area contributed by atoms with Gasteiger partial charge < -0.3 is 24.3 Å². The number of benzene rings is 3. The Morgan fingerprint density at radius 2 is 1.51 bits per heavy atom. The van der Waals surface area contributed by atoms with E-state index < -0.39 is 16.1 Å². The van der Waals surface area contributed by atoms with Crippen LogP contribution in [-0.2, 0) is 14.8 Å². The van der Waals surface area contributed by atoms with Crippen molar-refractivity contribution < 1.29 is 32.2 Å². The van der Waals surface area contributed by atoms with E-state index in [1.165, 1.54) is 12.1 Å². The monoisotopic (exact) mass is 498 g/mol. The van der Waals surface area contributed by atoms with Crippen LogP contribution in [0.5, 0.6) is 23.0 Å². The number of rotatable bonds is 8. The maximum Gasteiger partial charge on any atom is 0.265 e. The number of carbonyl (C=O) groups is 1. The zero-order valence-corrected chi connectivity index (χ0v) is 20.1. The predicted octanol–water partition coefficient (Wildman–Crippen LogP) is 4.06. The van der Waals surface area contributed by atoms with Gasteiger partial charge in [0.15, 0.2) is 17.6 Å². The van der Waals surface area contributed by atoms with Crippen molar-refractivity contribution >= 4 is 27.3 Å². The van der Waals surface area contributed by atoms with Gasteiger partial charge in [0.1, 0.15) is 11.5 Å². The van der Waals surface area contributed by atoms with Crippen molar-refractivity contribution in [3.8, 4) is 23.0 Å². The molecule has 0 saturated heterocycles. The Labute approximate surface area is 204 Å². The first-order valence-electron chi connectivity index (χ1n) is 11.0. The van der Waals surface area contributed by atoms with Crippen molar-refractivity contribution in [3.05, 3.63) is 66.7 Å². The van der Waals surface area contributed by atoms with E-state index in [4.69, 9.17) is 18.9 Å². The third-order valence-electron chi connectivity index (χ3n) is 5.18. The number of nitrogens with one attached hydrogen (secondary N) is 2. The van der Waals surface area contributed by atoms with Gasteiger partial charge in [0, 0.05) is 23.9 Å². The molecule has 1 amide bonds. The molecule has 2 N–H and O–H groups in total. The van der Waals surface area contributed by atoms with Gasteiger partial charge in [0.05, 0.1) is 25.2 Å². The minimum absolute atomic E-state index is 0.0589. The standard InChI is InChI=1S/C25H26N2O7S/c1-17(34-21-10-8-20(31-2)9-11-21)25(28)26-18-4-6-19(7-5-18)27-35(29,30)22-12-13-23-24(16-22)33-15-3-14-32-23/h4-13,16-17,27H,3,14-15H2,1-2H3,(H,26,28)/t17-/m0/s1. The van der Waals surface area contributed by atoms with Crippen molar-refractivity contribution in [2.24, 2.45) is 0 Å². The number of fused-ring (bicyclic) bond motifs is 1. The van der Waals surface area contributed by atoms with Crippen molar-refractivity contribution in [2.75, 3.05) is 30.4 Å². The summed E-state index contributed by atoms with van der Waals surface area (Å²) in [6, 6.07) is 17.7. The van der Waals surface area contributed by atoms with Crippen LogP contribution in [0, 0.1) is 0 Å². The van der Waals surface area contributed by atoms with Gasteiger partial charge in [-0.1, -0.05) is 0 Å². The molecule has 0 radical (unpaired) electrons. The zero-order chi connectivity index (χ0) is 24.8. The van der Waals surface area contributed by atoms with E-state index in [-0.39, 0.29) is 10.8 Å². The minimum atomic E-state index is -3.85. The maximum atomic E-state index is 12.8. The highest BCUT2D eigenvalue weighted by atomic mass is 32.2. The average Bonchev–Trinajstić information content (AvgIpc) is 3.10. The molecule has 1 aliphatic heterocycles. The molecular weight excluding hydrogens is 472 g/mol. The van der Waals surface area contributed by atoms with Crippen molar-refractivity contribution in [3.63, 3.8) is 0 Å². The number of carbonyl (C=O) groups excluding carboxylic acids is 1. The van der Waals surface area contributed by atoms with E-state index in [0.717, 1.165) is 6.42 Å². The number of hydrogen-bond acceptors (Lipinski definition) is 7. The van der Waals surface area contributed by atoms with E-state index in [0.29, 0.717) is 47.6 Å². The molecule has 3 aromatic rings. The molecule has 10 heteroatoms. The van der Waals surface area contributed by atoms with Crippen LogP contribution in [0.3, 0.4) is 0 Å². The first kappa shape index (κ1) is 24.2. The Hall–Kier alpha value is -3.92. The third kappa shape index (κ3) is 6.15. The molecule has 3 aromatic carbocycles. The Kier molecular flexibility index (Phi) is 7.31. The lowest BCUT2D eigenvalue weighted by molar-refractivity contribution is -0.122. The van der Waals surface area contributed by atoms with Crippen LogP contribution in [0.25, 0.3) is 0 Å². The first-order chi connectivity index (χ1) is 16.8. The summed E-state index contributed by atoms with van der Waals surface area (Å²) in [4.78, 5) is 12.5. The number of anilines is 2. The highest BCUT2D eigenvalue weighted by Crippen LogP contribution is 2.32. The van der Waals surface area contributed by atoms with Crippen LogP contribution in [0.1, 0.15) is 13.3 Å². The number of ether oxygens (including phenoxy) is 4. The summed E-state index contributed by atoms with van der Waals surface area (Å²) < 4.78 is 50.1. The molecule has 1 atom stereocenters. The van der Waals surface area contributed by atoms with Gasteiger partial charge >= 0.3 is 0 Å². The molecule has 0 aromatic heterocycles. The lowest BCUT2D eigenvalue weighted by atomic mass is 10.2. The molecule has 184 valence electrons. The smallest absolute Gasteiger partial charge is 0.265 e. The van der Waals surface area contributed by atoms with Gasteiger partial charge in [-0.3, -0.25) is 9.52 Å². The number of amides is 1. The van der Waals surface area contributed by atoms with Crippen molar-refractivity contribution in [2.45, 2.75) is 24.3 Å². The lowest BCUT2D eigenvalue weighted by Gasteiger charge is -2.15. The van der Waals surface area contributed by atoms with Crippen LogP contribution >= 0.6 is 0 Å². The number of hydrogen-bond donors (Lipinski definition) is 2. The van der Waals surface area contributed by atoms with Gasteiger partial charge in [-0.25, -0.2) is 8.42 Å². The molecule has 0 bridgehead atoms.